The second-order valence-electron chi connectivity index (χ2n) is 18.8. The summed E-state index contributed by atoms with van der Waals surface area (Å²) in [5.41, 5.74) is -0.602. The normalized spacial score (nSPS) is 18.1. The number of nitrogens with one attached hydrogen (secondary N) is 3. The number of methoxy groups -OCH3 is 2. The van der Waals surface area contributed by atoms with Gasteiger partial charge < -0.3 is 44.3 Å². The molecule has 19 nitrogen and oxygen atoms in total. The number of imide groups is 2. The smallest absolute Gasteiger partial charge is 0.326 e. The fourth-order valence-corrected chi connectivity index (χ4v) is 9.29. The molecule has 8 atom stereocenters. The molecule has 0 saturated carbocycles. The maximum atomic E-state index is 14.4. The van der Waals surface area contributed by atoms with Gasteiger partial charge in [0.1, 0.15) is 11.6 Å². The molecule has 0 unspecified atom stereocenters. The number of carbonyl (C=O) groups is 7. The van der Waals surface area contributed by atoms with Gasteiger partial charge in [-0.1, -0.05) is 83.6 Å². The minimum absolute atomic E-state index is 0.00125. The van der Waals surface area contributed by atoms with Crippen molar-refractivity contribution >= 4 is 58.6 Å². The number of aliphatic carboxylic acids is 1. The molecular weight excluding hydrogens is 925 g/mol. The summed E-state index contributed by atoms with van der Waals surface area (Å²) in [5.74, 6) is -4.37. The number of likely N-dealkylation sites (N-methyl/N-ethyl adjacent to an activating group) is 1. The highest BCUT2D eigenvalue weighted by Gasteiger charge is 2.44. The lowest BCUT2D eigenvalue weighted by Gasteiger charge is -2.43. The van der Waals surface area contributed by atoms with Crippen molar-refractivity contribution in [2.24, 2.45) is 17.8 Å². The lowest BCUT2D eigenvalue weighted by Crippen LogP contribution is -2.62. The molecule has 4 N–H and O–H groups in total. The fraction of sp³-hybridized carbons (Fsp3) is 0.680. The molecule has 392 valence electrons. The molecule has 1 aromatic carbocycles. The minimum atomic E-state index is -1.46. The van der Waals surface area contributed by atoms with Gasteiger partial charge >= 0.3 is 5.97 Å². The molecule has 0 radical (unpaired) electrons. The van der Waals surface area contributed by atoms with E-state index in [1.807, 2.05) is 69.9 Å². The third kappa shape index (κ3) is 17.9. The number of carboxylic acids is 1. The number of benzene rings is 1. The van der Waals surface area contributed by atoms with E-state index in [0.29, 0.717) is 24.4 Å². The van der Waals surface area contributed by atoms with Gasteiger partial charge in [0.25, 0.3) is 17.7 Å². The number of amides is 6. The van der Waals surface area contributed by atoms with Crippen LogP contribution in [0.25, 0.3) is 0 Å². The zero-order valence-corrected chi connectivity index (χ0v) is 43.5. The van der Waals surface area contributed by atoms with Crippen LogP contribution in [0.4, 0.5) is 0 Å². The molecule has 1 fully saturated rings. The van der Waals surface area contributed by atoms with E-state index in [1.54, 1.807) is 26.2 Å². The van der Waals surface area contributed by atoms with E-state index in [4.69, 9.17) is 35.9 Å². The van der Waals surface area contributed by atoms with Crippen LogP contribution in [0.2, 0.25) is 0 Å². The van der Waals surface area contributed by atoms with Crippen molar-refractivity contribution in [3.63, 3.8) is 0 Å². The summed E-state index contributed by atoms with van der Waals surface area (Å²) in [6.45, 7) is 14.6. The van der Waals surface area contributed by atoms with E-state index in [0.717, 1.165) is 16.9 Å². The van der Waals surface area contributed by atoms with Gasteiger partial charge in [-0.05, 0) is 51.1 Å². The van der Waals surface area contributed by atoms with E-state index in [1.165, 1.54) is 26.0 Å². The largest absolute Gasteiger partial charge is 0.480 e. The van der Waals surface area contributed by atoms with Gasteiger partial charge in [0.15, 0.2) is 0 Å². The third-order valence-electron chi connectivity index (χ3n) is 13.0. The molecule has 20 heteroatoms. The fourth-order valence-electron chi connectivity index (χ4n) is 9.01. The summed E-state index contributed by atoms with van der Waals surface area (Å²) in [6.07, 6.45) is 3.55. The first-order valence-corrected chi connectivity index (χ1v) is 24.7. The number of carboxylic acid groups (broad SMARTS) is 1. The van der Waals surface area contributed by atoms with Gasteiger partial charge in [0, 0.05) is 57.7 Å². The molecule has 2 aliphatic heterocycles. The van der Waals surface area contributed by atoms with Crippen molar-refractivity contribution in [2.45, 2.75) is 129 Å². The second-order valence-corrected chi connectivity index (χ2v) is 19.3. The average molecular weight is 1000 g/mol. The molecule has 0 bridgehead atoms. The Bertz CT molecular complexity index is 1920. The maximum Gasteiger partial charge on any atom is 0.326 e. The summed E-state index contributed by atoms with van der Waals surface area (Å²) in [6, 6.07) is 6.75. The quantitative estimate of drug-likeness (QED) is 0.0462. The number of nitrogens with zero attached hydrogens (tertiary/aromatic N) is 3. The lowest BCUT2D eigenvalue weighted by atomic mass is 9.87. The summed E-state index contributed by atoms with van der Waals surface area (Å²) in [5, 5.41) is 18.3. The van der Waals surface area contributed by atoms with Crippen molar-refractivity contribution < 1.29 is 62.4 Å². The van der Waals surface area contributed by atoms with Crippen LogP contribution < -0.4 is 16.0 Å². The molecule has 2 aliphatic rings. The highest BCUT2D eigenvalue weighted by Crippen LogP contribution is 2.31. The molecule has 6 amide bonds. The number of carbonyl (C=O) groups excluding carboxylic acids is 6. The number of hydrogen-bond acceptors (Lipinski definition) is 14. The van der Waals surface area contributed by atoms with Crippen molar-refractivity contribution in [1.29, 1.82) is 0 Å². The SMILES string of the molecule is CC[C@H](C)[C@@H]([C@@H](CC(=O)N1CCC[C@H]1[C@H](OC)[C@@H](C)C(=S)N[C@@H](Cc1ccccc1)C(=O)O)OC)N(C)[C@H](C(=O)NC(=O)C(C)(C)NC(=O)CCOCCOCCOCCN1C(=O)C=CC1=O)C(C)C. The summed E-state index contributed by atoms with van der Waals surface area (Å²) >= 11 is 5.77. The number of likely N-dealkylation sites (tertiary alicyclic amines) is 1. The van der Waals surface area contributed by atoms with Crippen molar-refractivity contribution in [2.75, 3.05) is 74.0 Å². The van der Waals surface area contributed by atoms with Gasteiger partial charge in [-0.25, -0.2) is 4.79 Å². The summed E-state index contributed by atoms with van der Waals surface area (Å²) in [4.78, 5) is 95.5. The maximum absolute atomic E-state index is 14.4. The summed E-state index contributed by atoms with van der Waals surface area (Å²) in [7, 11) is 4.91. The molecule has 3 rings (SSSR count). The van der Waals surface area contributed by atoms with Gasteiger partial charge in [-0.15, -0.1) is 0 Å². The predicted octanol–water partition coefficient (Wildman–Crippen LogP) is 2.92. The first-order valence-electron chi connectivity index (χ1n) is 24.3. The summed E-state index contributed by atoms with van der Waals surface area (Å²) < 4.78 is 28.5. The monoisotopic (exact) mass is 1000 g/mol. The lowest BCUT2D eigenvalue weighted by molar-refractivity contribution is -0.143. The van der Waals surface area contributed by atoms with Gasteiger partial charge in [-0.2, -0.15) is 0 Å². The Balaban J connectivity index is 1.55. The zero-order chi connectivity index (χ0) is 52.1. The van der Waals surface area contributed by atoms with Gasteiger partial charge in [0.05, 0.1) is 81.9 Å². The molecule has 0 aromatic heterocycles. The first kappa shape index (κ1) is 59.6. The number of ether oxygens (including phenoxy) is 5. The van der Waals surface area contributed by atoms with Gasteiger partial charge in [-0.3, -0.25) is 43.9 Å². The Morgan fingerprint density at radius 1 is 0.900 bits per heavy atom. The van der Waals surface area contributed by atoms with Crippen LogP contribution in [0.5, 0.6) is 0 Å². The van der Waals surface area contributed by atoms with Crippen LogP contribution in [0, 0.1) is 17.8 Å². The Morgan fingerprint density at radius 3 is 2.06 bits per heavy atom. The molecular formula is C50H78N6O13S. The van der Waals surface area contributed by atoms with Crippen LogP contribution in [0.1, 0.15) is 86.1 Å². The highest BCUT2D eigenvalue weighted by atomic mass is 32.1. The predicted molar refractivity (Wildman–Crippen MR) is 265 cm³/mol. The van der Waals surface area contributed by atoms with Crippen LogP contribution in [0.15, 0.2) is 42.5 Å². The third-order valence-corrected chi connectivity index (χ3v) is 13.5. The van der Waals surface area contributed by atoms with Crippen molar-refractivity contribution in [3.05, 3.63) is 48.0 Å². The van der Waals surface area contributed by atoms with Crippen LogP contribution >= 0.6 is 12.2 Å². The van der Waals surface area contributed by atoms with E-state index in [2.05, 4.69) is 16.0 Å². The number of rotatable bonds is 32. The van der Waals surface area contributed by atoms with E-state index >= 15 is 0 Å². The minimum Gasteiger partial charge on any atom is -0.480 e. The van der Waals surface area contributed by atoms with E-state index < -0.39 is 65.5 Å². The molecule has 0 aliphatic carbocycles. The molecule has 1 aromatic rings. The average Bonchev–Trinajstić information content (AvgIpc) is 3.93. The topological polar surface area (TPSA) is 232 Å². The zero-order valence-electron chi connectivity index (χ0n) is 42.7. The van der Waals surface area contributed by atoms with Crippen LogP contribution in [0.3, 0.4) is 0 Å². The van der Waals surface area contributed by atoms with Crippen LogP contribution in [-0.2, 0) is 63.7 Å². The molecule has 2 heterocycles. The Labute approximate surface area is 419 Å². The number of thiocarbonyl (C=S) groups is 1. The molecule has 70 heavy (non-hydrogen) atoms. The first-order chi connectivity index (χ1) is 33.2. The van der Waals surface area contributed by atoms with E-state index in [-0.39, 0.29) is 101 Å². The van der Waals surface area contributed by atoms with E-state index in [9.17, 15) is 38.7 Å². The van der Waals surface area contributed by atoms with Gasteiger partial charge in [0.2, 0.25) is 17.7 Å². The van der Waals surface area contributed by atoms with Crippen LogP contribution in [-0.4, -0.2) is 182 Å². The Hall–Kier alpha value is -4.70. The molecule has 1 saturated heterocycles. The van der Waals surface area contributed by atoms with Crippen molar-refractivity contribution in [3.8, 4) is 0 Å². The Morgan fingerprint density at radius 2 is 1.50 bits per heavy atom. The molecule has 0 spiro atoms. The standard InChI is InChI=1S/C50H78N6O13S/c1-11-33(4)44(38(65-9)31-42(60)55-22-15-18-37(55)45(66-10)34(5)47(70)51-36(48(62)63)30-35-16-13-12-14-17-35)54(8)43(32(2)3)46(61)52-49(64)50(6,7)53-39(57)21-24-67-26-28-69-29-27-68-25-23-56-40(58)19-20-41(56)59/h12-14,16-17,19-20,32-34,36-38,43-45H,11,15,18,21-31H2,1-10H3,(H,51,70)(H,53,57)(H,62,63)(H,52,61,64)/t33-,34+,36-,37-,38+,43-,44-,45+/m0/s1. The number of hydrogen-bond donors (Lipinski definition) is 4. The highest BCUT2D eigenvalue weighted by molar-refractivity contribution is 7.80. The Kier molecular flexibility index (Phi) is 25.2. The van der Waals surface area contributed by atoms with Crippen molar-refractivity contribution in [1.82, 2.24) is 30.7 Å². The second kappa shape index (κ2) is 29.6.